The smallest absolute Gasteiger partial charge is 0.127 e. The molecule has 0 N–H and O–H groups in total. The van der Waals surface area contributed by atoms with Crippen LogP contribution in [0, 0.1) is 0 Å². The minimum atomic E-state index is 0.310. The standard InChI is InChI=1S/C80H56N2O/c1-5-17-53(18-6-1)59-33-43-77-71(49-59)72-50-60(54-19-7-2-8-20-54)34-44-78(72)81(77)75-47-41-65(67-25-13-15-27-69(67)75)57-29-37-63(38-30-57)83-64-39-31-58(32-40-64)66-42-48-76(70-28-16-14-26-68(66)70)82-79-45-35-61(55-21-9-3-10-22-55)51-73(79)74-52-62(36-46-80(74)82)56-23-11-4-12-24-56/h1-49,51,60,62H,50,52H2. The zero-order chi connectivity index (χ0) is 54.8. The van der Waals surface area contributed by atoms with Crippen molar-refractivity contribution in [1.82, 2.24) is 9.13 Å². The molecule has 2 aromatic heterocycles. The molecule has 2 aliphatic rings. The van der Waals surface area contributed by atoms with Gasteiger partial charge in [-0.15, -0.1) is 0 Å². The fourth-order valence-corrected chi connectivity index (χ4v) is 13.5. The first-order valence-corrected chi connectivity index (χ1v) is 29.0. The lowest BCUT2D eigenvalue weighted by molar-refractivity contribution is 0.483. The summed E-state index contributed by atoms with van der Waals surface area (Å²) in [6.07, 6.45) is 11.4. The Morgan fingerprint density at radius 2 is 0.651 bits per heavy atom. The first-order chi connectivity index (χ1) is 41.1. The van der Waals surface area contributed by atoms with E-state index in [0.717, 1.165) is 35.5 Å². The predicted octanol–water partition coefficient (Wildman–Crippen LogP) is 21.0. The fourth-order valence-electron chi connectivity index (χ4n) is 13.5. The van der Waals surface area contributed by atoms with Crippen molar-refractivity contribution in [2.45, 2.75) is 24.7 Å². The molecular formula is C80H56N2O. The third-order valence-electron chi connectivity index (χ3n) is 17.6. The number of ether oxygens (including phenoxy) is 1. The lowest BCUT2D eigenvalue weighted by atomic mass is 9.86. The molecule has 14 aromatic rings. The Morgan fingerprint density at radius 3 is 1.06 bits per heavy atom. The molecule has 3 heteroatoms. The molecule has 2 aliphatic carbocycles. The van der Waals surface area contributed by atoms with E-state index in [2.05, 4.69) is 312 Å². The van der Waals surface area contributed by atoms with E-state index in [-0.39, 0.29) is 0 Å². The van der Waals surface area contributed by atoms with Crippen LogP contribution in [0.25, 0.3) is 111 Å². The van der Waals surface area contributed by atoms with Crippen LogP contribution in [0.1, 0.15) is 45.5 Å². The Balaban J connectivity index is 0.696. The Morgan fingerprint density at radius 1 is 0.289 bits per heavy atom. The molecule has 12 aromatic carbocycles. The van der Waals surface area contributed by atoms with Gasteiger partial charge in [-0.05, 0) is 163 Å². The van der Waals surface area contributed by atoms with Gasteiger partial charge in [0.05, 0.1) is 22.4 Å². The van der Waals surface area contributed by atoms with Gasteiger partial charge in [0.2, 0.25) is 0 Å². The predicted molar refractivity (Wildman–Crippen MR) is 347 cm³/mol. The van der Waals surface area contributed by atoms with Gasteiger partial charge in [0.1, 0.15) is 11.5 Å². The highest BCUT2D eigenvalue weighted by Gasteiger charge is 2.27. The van der Waals surface area contributed by atoms with Gasteiger partial charge in [0.25, 0.3) is 0 Å². The van der Waals surface area contributed by atoms with Crippen molar-refractivity contribution in [2.75, 3.05) is 0 Å². The Hall–Kier alpha value is -10.5. The second kappa shape index (κ2) is 20.3. The van der Waals surface area contributed by atoms with Gasteiger partial charge >= 0.3 is 0 Å². The van der Waals surface area contributed by atoms with Crippen LogP contribution < -0.4 is 4.74 Å². The molecule has 0 radical (unpaired) electrons. The highest BCUT2D eigenvalue weighted by molar-refractivity contribution is 6.06. The van der Waals surface area contributed by atoms with E-state index in [4.69, 9.17) is 4.74 Å². The average molecular weight is 1060 g/mol. The van der Waals surface area contributed by atoms with Crippen LogP contribution in [-0.2, 0) is 12.8 Å². The summed E-state index contributed by atoms with van der Waals surface area (Å²) in [7, 11) is 0. The Bertz CT molecular complexity index is 4530. The molecule has 0 spiro atoms. The van der Waals surface area contributed by atoms with E-state index in [1.54, 1.807) is 0 Å². The minimum absolute atomic E-state index is 0.310. The number of rotatable bonds is 10. The van der Waals surface area contributed by atoms with Crippen LogP contribution >= 0.6 is 0 Å². The second-order valence-corrected chi connectivity index (χ2v) is 22.3. The van der Waals surface area contributed by atoms with Crippen molar-refractivity contribution < 1.29 is 4.74 Å². The molecule has 3 nitrogen and oxygen atoms in total. The van der Waals surface area contributed by atoms with E-state index in [9.17, 15) is 0 Å². The van der Waals surface area contributed by atoms with Gasteiger partial charge in [-0.25, -0.2) is 0 Å². The number of fused-ring (bicyclic) bond motifs is 8. The van der Waals surface area contributed by atoms with Crippen molar-refractivity contribution in [3.63, 3.8) is 0 Å². The summed E-state index contributed by atoms with van der Waals surface area (Å²) in [5.41, 5.74) is 22.4. The summed E-state index contributed by atoms with van der Waals surface area (Å²) >= 11 is 0. The summed E-state index contributed by atoms with van der Waals surface area (Å²) in [5.74, 6) is 2.21. The molecule has 0 aliphatic heterocycles. The number of hydrogen-bond acceptors (Lipinski definition) is 1. The molecule has 392 valence electrons. The number of benzene rings is 12. The molecule has 16 rings (SSSR count). The van der Waals surface area contributed by atoms with Gasteiger partial charge < -0.3 is 13.9 Å². The molecule has 0 amide bonds. The van der Waals surface area contributed by atoms with Crippen LogP contribution in [0.3, 0.4) is 0 Å². The van der Waals surface area contributed by atoms with Crippen LogP contribution in [-0.4, -0.2) is 9.13 Å². The highest BCUT2D eigenvalue weighted by Crippen LogP contribution is 2.45. The summed E-state index contributed by atoms with van der Waals surface area (Å²) < 4.78 is 11.6. The maximum absolute atomic E-state index is 6.58. The number of hydrogen-bond donors (Lipinski definition) is 0. The third-order valence-corrected chi connectivity index (χ3v) is 17.6. The molecule has 2 heterocycles. The lowest BCUT2D eigenvalue weighted by Gasteiger charge is -2.20. The first-order valence-electron chi connectivity index (χ1n) is 29.0. The molecule has 2 unspecified atom stereocenters. The zero-order valence-corrected chi connectivity index (χ0v) is 45.7. The van der Waals surface area contributed by atoms with E-state index >= 15 is 0 Å². The third kappa shape index (κ3) is 8.51. The number of nitrogens with zero attached hydrogens (tertiary/aromatic N) is 2. The minimum Gasteiger partial charge on any atom is -0.457 e. The summed E-state index contributed by atoms with van der Waals surface area (Å²) in [4.78, 5) is 0. The van der Waals surface area contributed by atoms with Gasteiger partial charge in [-0.1, -0.05) is 231 Å². The van der Waals surface area contributed by atoms with Crippen molar-refractivity contribution in [1.29, 1.82) is 0 Å². The van der Waals surface area contributed by atoms with E-state index in [1.165, 1.54) is 122 Å². The Kier molecular flexibility index (Phi) is 11.8. The van der Waals surface area contributed by atoms with Crippen LogP contribution in [0.2, 0.25) is 0 Å². The van der Waals surface area contributed by atoms with Gasteiger partial charge in [-0.2, -0.15) is 0 Å². The van der Waals surface area contributed by atoms with Gasteiger partial charge in [-0.3, -0.25) is 0 Å². The molecule has 83 heavy (non-hydrogen) atoms. The van der Waals surface area contributed by atoms with Crippen molar-refractivity contribution >= 4 is 55.5 Å². The molecular weight excluding hydrogens is 1000 g/mol. The lowest BCUT2D eigenvalue weighted by Crippen LogP contribution is -2.07. The molecule has 0 saturated carbocycles. The molecule has 0 bridgehead atoms. The molecule has 0 saturated heterocycles. The maximum atomic E-state index is 6.58. The van der Waals surface area contributed by atoms with Crippen LogP contribution in [0.15, 0.2) is 291 Å². The summed E-state index contributed by atoms with van der Waals surface area (Å²) in [6.45, 7) is 0. The van der Waals surface area contributed by atoms with Crippen LogP contribution in [0.5, 0.6) is 11.5 Å². The quantitative estimate of drug-likeness (QED) is 0.134. The van der Waals surface area contributed by atoms with Gasteiger partial charge in [0, 0.05) is 44.8 Å². The molecule has 2 atom stereocenters. The summed E-state index contributed by atoms with van der Waals surface area (Å²) in [5, 5.41) is 7.45. The number of allylic oxidation sites excluding steroid dienone is 2. The SMILES string of the molecule is C1=CC(c2ccccc2)Cc2c1n(-c1ccc(-c3ccc(Oc4ccc(-c5ccc(-n6c7c(c8cc(-c9ccccc9)ccc86)CC(c6ccccc6)C=C7)c6ccccc56)cc4)cc3)c3ccccc13)c1ccc(-c3ccccc3)cc21. The van der Waals surface area contributed by atoms with Crippen LogP contribution in [0.4, 0.5) is 0 Å². The summed E-state index contributed by atoms with van der Waals surface area (Å²) in [6, 6.07) is 101. The van der Waals surface area contributed by atoms with Crippen molar-refractivity contribution in [3.05, 3.63) is 325 Å². The monoisotopic (exact) mass is 1060 g/mol. The second-order valence-electron chi connectivity index (χ2n) is 22.3. The normalized spacial score (nSPS) is 14.6. The largest absolute Gasteiger partial charge is 0.457 e. The maximum Gasteiger partial charge on any atom is 0.127 e. The van der Waals surface area contributed by atoms with E-state index in [1.807, 2.05) is 0 Å². The first kappa shape index (κ1) is 48.4. The van der Waals surface area contributed by atoms with Gasteiger partial charge in [0.15, 0.2) is 0 Å². The average Bonchev–Trinajstić information content (AvgIpc) is 2.63. The van der Waals surface area contributed by atoms with Crippen molar-refractivity contribution in [2.24, 2.45) is 0 Å². The van der Waals surface area contributed by atoms with E-state index < -0.39 is 0 Å². The van der Waals surface area contributed by atoms with E-state index in [0.29, 0.717) is 11.8 Å². The topological polar surface area (TPSA) is 19.1 Å². The van der Waals surface area contributed by atoms with Crippen molar-refractivity contribution in [3.8, 4) is 67.4 Å². The fraction of sp³-hybridized carbons (Fsp3) is 0.0500. The zero-order valence-electron chi connectivity index (χ0n) is 45.7. The Labute approximate surface area is 483 Å². The molecule has 0 fully saturated rings. The highest BCUT2D eigenvalue weighted by atomic mass is 16.5. The number of aromatic nitrogens is 2.